The fourth-order valence-electron chi connectivity index (χ4n) is 1.16. The van der Waals surface area contributed by atoms with Crippen LogP contribution in [0.2, 0.25) is 0 Å². The Balaban J connectivity index is 2.84. The molecule has 0 bridgehead atoms. The summed E-state index contributed by atoms with van der Waals surface area (Å²) in [5.74, 6) is 1.39. The quantitative estimate of drug-likeness (QED) is 0.912. The molecule has 1 unspecified atom stereocenters. The van der Waals surface area contributed by atoms with Gasteiger partial charge >= 0.3 is 0 Å². The second kappa shape index (κ2) is 5.52. The highest BCUT2D eigenvalue weighted by atomic mass is 79.9. The third kappa shape index (κ3) is 3.50. The molecule has 0 saturated carbocycles. The third-order valence-corrected chi connectivity index (χ3v) is 2.99. The molecule has 2 nitrogen and oxygen atoms in total. The van der Waals surface area contributed by atoms with Crippen molar-refractivity contribution in [2.24, 2.45) is 11.7 Å². The molecule has 0 aromatic heterocycles. The summed E-state index contributed by atoms with van der Waals surface area (Å²) in [7, 11) is 0. The van der Waals surface area contributed by atoms with Crippen molar-refractivity contribution < 1.29 is 4.74 Å². The van der Waals surface area contributed by atoms with Gasteiger partial charge in [-0.25, -0.2) is 0 Å². The van der Waals surface area contributed by atoms with E-state index in [4.69, 9.17) is 10.5 Å². The molecule has 1 atom stereocenters. The van der Waals surface area contributed by atoms with E-state index in [0.29, 0.717) is 12.5 Å². The first kappa shape index (κ1) is 12.5. The zero-order valence-electron chi connectivity index (χ0n) is 9.46. The second-order valence-electron chi connectivity index (χ2n) is 4.02. The molecule has 15 heavy (non-hydrogen) atoms. The predicted octanol–water partition coefficient (Wildman–Crippen LogP) is 3.33. The number of ether oxygens (including phenoxy) is 1. The highest BCUT2D eigenvalue weighted by Gasteiger charge is 2.11. The predicted molar refractivity (Wildman–Crippen MR) is 67.0 cm³/mol. The maximum atomic E-state index is 5.85. The van der Waals surface area contributed by atoms with Crippen LogP contribution in [0.15, 0.2) is 22.7 Å². The monoisotopic (exact) mass is 271 g/mol. The molecule has 2 N–H and O–H groups in total. The smallest absolute Gasteiger partial charge is 0.124 e. The second-order valence-corrected chi connectivity index (χ2v) is 4.94. The zero-order valence-corrected chi connectivity index (χ0v) is 11.0. The van der Waals surface area contributed by atoms with E-state index in [-0.39, 0.29) is 6.10 Å². The number of halogens is 1. The van der Waals surface area contributed by atoms with Gasteiger partial charge in [0.25, 0.3) is 0 Å². The molecule has 3 heteroatoms. The molecule has 84 valence electrons. The number of benzene rings is 1. The maximum absolute atomic E-state index is 5.85. The molecule has 0 heterocycles. The normalized spacial score (nSPS) is 12.9. The minimum absolute atomic E-state index is 0.205. The Kier molecular flexibility index (Phi) is 4.61. The highest BCUT2D eigenvalue weighted by Crippen LogP contribution is 2.24. The fraction of sp³-hybridized carbons (Fsp3) is 0.500. The van der Waals surface area contributed by atoms with Crippen LogP contribution in [0, 0.1) is 5.92 Å². The molecule has 1 rings (SSSR count). The Morgan fingerprint density at radius 1 is 1.33 bits per heavy atom. The summed E-state index contributed by atoms with van der Waals surface area (Å²) in [6.07, 6.45) is 0.205. The van der Waals surface area contributed by atoms with Crippen LogP contribution in [0.1, 0.15) is 26.3 Å². The van der Waals surface area contributed by atoms with Gasteiger partial charge in [0.1, 0.15) is 5.75 Å². The number of hydrogen-bond acceptors (Lipinski definition) is 2. The molecular weight excluding hydrogens is 254 g/mol. The first-order chi connectivity index (χ1) is 7.04. The summed E-state index contributed by atoms with van der Waals surface area (Å²) < 4.78 is 6.89. The van der Waals surface area contributed by atoms with E-state index in [0.717, 1.165) is 15.8 Å². The standard InChI is InChI=1S/C12H18BrNO/c1-8(2)9(3)15-12-5-4-11(13)6-10(12)7-14/h4-6,8-9H,7,14H2,1-3H3. The molecule has 0 fully saturated rings. The van der Waals surface area contributed by atoms with Crippen molar-refractivity contribution in [2.45, 2.75) is 33.4 Å². The van der Waals surface area contributed by atoms with E-state index < -0.39 is 0 Å². The van der Waals surface area contributed by atoms with E-state index in [1.54, 1.807) is 0 Å². The maximum Gasteiger partial charge on any atom is 0.124 e. The highest BCUT2D eigenvalue weighted by molar-refractivity contribution is 9.10. The van der Waals surface area contributed by atoms with Gasteiger partial charge in [-0.3, -0.25) is 0 Å². The van der Waals surface area contributed by atoms with Crippen LogP contribution >= 0.6 is 15.9 Å². The van der Waals surface area contributed by atoms with E-state index in [2.05, 4.69) is 36.7 Å². The van der Waals surface area contributed by atoms with Gasteiger partial charge in [-0.1, -0.05) is 29.8 Å². The average molecular weight is 272 g/mol. The van der Waals surface area contributed by atoms with Crippen molar-refractivity contribution in [2.75, 3.05) is 0 Å². The van der Waals surface area contributed by atoms with Crippen LogP contribution < -0.4 is 10.5 Å². The van der Waals surface area contributed by atoms with Crippen molar-refractivity contribution in [1.29, 1.82) is 0 Å². The Bertz CT molecular complexity index is 325. The number of rotatable bonds is 4. The fourth-order valence-corrected chi connectivity index (χ4v) is 1.57. The zero-order chi connectivity index (χ0) is 11.4. The Labute approximate surface area is 99.9 Å². The van der Waals surface area contributed by atoms with Crippen LogP contribution in [-0.4, -0.2) is 6.10 Å². The van der Waals surface area contributed by atoms with Gasteiger partial charge in [0.05, 0.1) is 6.10 Å². The Morgan fingerprint density at radius 3 is 2.53 bits per heavy atom. The van der Waals surface area contributed by atoms with Gasteiger partial charge in [-0.2, -0.15) is 0 Å². The van der Waals surface area contributed by atoms with Gasteiger partial charge in [0, 0.05) is 16.6 Å². The van der Waals surface area contributed by atoms with Crippen LogP contribution in [0.3, 0.4) is 0 Å². The third-order valence-electron chi connectivity index (χ3n) is 2.49. The lowest BCUT2D eigenvalue weighted by Gasteiger charge is -2.20. The summed E-state index contributed by atoms with van der Waals surface area (Å²) in [5.41, 5.74) is 6.71. The molecule has 0 aliphatic rings. The van der Waals surface area contributed by atoms with Crippen molar-refractivity contribution in [3.8, 4) is 5.75 Å². The van der Waals surface area contributed by atoms with Crippen LogP contribution in [0.4, 0.5) is 0 Å². The number of nitrogens with two attached hydrogens (primary N) is 1. The summed E-state index contributed by atoms with van der Waals surface area (Å²) in [6, 6.07) is 5.94. The first-order valence-corrected chi connectivity index (χ1v) is 5.99. The lowest BCUT2D eigenvalue weighted by molar-refractivity contribution is 0.169. The minimum atomic E-state index is 0.205. The van der Waals surface area contributed by atoms with Gasteiger partial charge in [0.15, 0.2) is 0 Å². The summed E-state index contributed by atoms with van der Waals surface area (Å²) in [6.45, 7) is 6.86. The minimum Gasteiger partial charge on any atom is -0.490 e. The Morgan fingerprint density at radius 2 is 2.00 bits per heavy atom. The molecule has 1 aromatic carbocycles. The lowest BCUT2D eigenvalue weighted by Crippen LogP contribution is -2.19. The van der Waals surface area contributed by atoms with Crippen molar-refractivity contribution in [3.05, 3.63) is 28.2 Å². The lowest BCUT2D eigenvalue weighted by atomic mass is 10.1. The molecule has 1 aromatic rings. The first-order valence-electron chi connectivity index (χ1n) is 5.19. The summed E-state index contributed by atoms with van der Waals surface area (Å²) in [5, 5.41) is 0. The van der Waals surface area contributed by atoms with Crippen LogP contribution in [0.5, 0.6) is 5.75 Å². The van der Waals surface area contributed by atoms with Crippen LogP contribution in [0.25, 0.3) is 0 Å². The number of hydrogen-bond donors (Lipinski definition) is 1. The van der Waals surface area contributed by atoms with E-state index in [1.807, 2.05) is 18.2 Å². The largest absolute Gasteiger partial charge is 0.490 e. The topological polar surface area (TPSA) is 35.2 Å². The van der Waals surface area contributed by atoms with Crippen molar-refractivity contribution in [3.63, 3.8) is 0 Å². The molecule has 0 spiro atoms. The van der Waals surface area contributed by atoms with E-state index in [1.165, 1.54) is 0 Å². The van der Waals surface area contributed by atoms with Crippen molar-refractivity contribution >= 4 is 15.9 Å². The van der Waals surface area contributed by atoms with Gasteiger partial charge < -0.3 is 10.5 Å². The SMILES string of the molecule is CC(C)C(C)Oc1ccc(Br)cc1CN. The molecule has 0 radical (unpaired) electrons. The van der Waals surface area contributed by atoms with Gasteiger partial charge in [-0.15, -0.1) is 0 Å². The van der Waals surface area contributed by atoms with E-state index >= 15 is 0 Å². The summed E-state index contributed by atoms with van der Waals surface area (Å²) >= 11 is 3.42. The molecule has 0 saturated heterocycles. The van der Waals surface area contributed by atoms with Crippen molar-refractivity contribution in [1.82, 2.24) is 0 Å². The molecule has 0 aliphatic heterocycles. The van der Waals surface area contributed by atoms with Gasteiger partial charge in [0.2, 0.25) is 0 Å². The van der Waals surface area contributed by atoms with Crippen LogP contribution in [-0.2, 0) is 6.54 Å². The molecule has 0 aliphatic carbocycles. The average Bonchev–Trinajstić information content (AvgIpc) is 2.20. The molecule has 0 amide bonds. The molecular formula is C12H18BrNO. The van der Waals surface area contributed by atoms with Gasteiger partial charge in [-0.05, 0) is 31.0 Å². The summed E-state index contributed by atoms with van der Waals surface area (Å²) in [4.78, 5) is 0. The Hall–Kier alpha value is -0.540. The van der Waals surface area contributed by atoms with E-state index in [9.17, 15) is 0 Å².